The van der Waals surface area contributed by atoms with Crippen LogP contribution in [0, 0.1) is 0 Å². The summed E-state index contributed by atoms with van der Waals surface area (Å²) < 4.78 is 23.0. The van der Waals surface area contributed by atoms with E-state index in [1.807, 2.05) is 18.2 Å². The van der Waals surface area contributed by atoms with Crippen molar-refractivity contribution in [1.29, 1.82) is 0 Å². The molecule has 126 valence electrons. The van der Waals surface area contributed by atoms with Gasteiger partial charge in [0.25, 0.3) is 0 Å². The lowest BCUT2D eigenvalue weighted by Gasteiger charge is -2.21. The summed E-state index contributed by atoms with van der Waals surface area (Å²) in [7, 11) is 0. The standard InChI is InChI=1S/C18H18BrNO4/c1-11(13-2-3-15-16(8-13)22-5-4-21-15)20-9-12-6-14(19)18-17(7-12)23-10-24-18/h2-3,6-8,11,20H,4-5,9-10H2,1H3/t11-/m1/s1. The number of benzene rings is 2. The summed E-state index contributed by atoms with van der Waals surface area (Å²) in [6.07, 6.45) is 0. The van der Waals surface area contributed by atoms with Crippen LogP contribution in [0.4, 0.5) is 0 Å². The zero-order valence-electron chi connectivity index (χ0n) is 13.3. The van der Waals surface area contributed by atoms with Gasteiger partial charge in [-0.15, -0.1) is 0 Å². The molecule has 4 rings (SSSR count). The van der Waals surface area contributed by atoms with Gasteiger partial charge < -0.3 is 24.3 Å². The van der Waals surface area contributed by atoms with Gasteiger partial charge in [0.2, 0.25) is 6.79 Å². The first-order chi connectivity index (χ1) is 11.7. The van der Waals surface area contributed by atoms with Gasteiger partial charge in [0.15, 0.2) is 23.0 Å². The molecular weight excluding hydrogens is 374 g/mol. The molecule has 1 atom stereocenters. The highest BCUT2D eigenvalue weighted by Gasteiger charge is 2.18. The van der Waals surface area contributed by atoms with E-state index < -0.39 is 0 Å². The van der Waals surface area contributed by atoms with E-state index in [1.54, 1.807) is 0 Å². The third-order valence-electron chi connectivity index (χ3n) is 4.17. The minimum absolute atomic E-state index is 0.185. The van der Waals surface area contributed by atoms with E-state index in [0.29, 0.717) is 13.2 Å². The molecule has 2 aromatic carbocycles. The molecule has 5 nitrogen and oxygen atoms in total. The first kappa shape index (κ1) is 15.6. The van der Waals surface area contributed by atoms with E-state index in [0.717, 1.165) is 39.6 Å². The van der Waals surface area contributed by atoms with Crippen molar-refractivity contribution in [2.24, 2.45) is 0 Å². The second-order valence-corrected chi connectivity index (χ2v) is 6.67. The third kappa shape index (κ3) is 3.03. The summed E-state index contributed by atoms with van der Waals surface area (Å²) in [6.45, 7) is 4.35. The van der Waals surface area contributed by atoms with Crippen LogP contribution in [0.3, 0.4) is 0 Å². The fourth-order valence-corrected chi connectivity index (χ4v) is 3.44. The largest absolute Gasteiger partial charge is 0.486 e. The smallest absolute Gasteiger partial charge is 0.231 e. The number of hydrogen-bond donors (Lipinski definition) is 1. The summed E-state index contributed by atoms with van der Waals surface area (Å²) in [5, 5.41) is 3.53. The van der Waals surface area contributed by atoms with Gasteiger partial charge in [-0.1, -0.05) is 6.07 Å². The number of nitrogens with one attached hydrogen (secondary N) is 1. The van der Waals surface area contributed by atoms with Gasteiger partial charge in [0.05, 0.1) is 4.47 Å². The maximum Gasteiger partial charge on any atom is 0.231 e. The van der Waals surface area contributed by atoms with Crippen LogP contribution in [0.2, 0.25) is 0 Å². The van der Waals surface area contributed by atoms with Crippen LogP contribution in [0.25, 0.3) is 0 Å². The van der Waals surface area contributed by atoms with Gasteiger partial charge in [-0.2, -0.15) is 0 Å². The topological polar surface area (TPSA) is 49.0 Å². The number of ether oxygens (including phenoxy) is 4. The zero-order chi connectivity index (χ0) is 16.5. The van der Waals surface area contributed by atoms with Gasteiger partial charge in [-0.25, -0.2) is 0 Å². The molecule has 0 bridgehead atoms. The summed E-state index contributed by atoms with van der Waals surface area (Å²) in [4.78, 5) is 0. The van der Waals surface area contributed by atoms with Crippen molar-refractivity contribution in [2.45, 2.75) is 19.5 Å². The molecule has 1 N–H and O–H groups in total. The second-order valence-electron chi connectivity index (χ2n) is 5.82. The van der Waals surface area contributed by atoms with Crippen molar-refractivity contribution >= 4 is 15.9 Å². The van der Waals surface area contributed by atoms with Gasteiger partial charge in [-0.05, 0) is 58.2 Å². The van der Waals surface area contributed by atoms with Crippen LogP contribution >= 0.6 is 15.9 Å². The van der Waals surface area contributed by atoms with Gasteiger partial charge in [0.1, 0.15) is 13.2 Å². The second kappa shape index (κ2) is 6.53. The maximum absolute atomic E-state index is 5.65. The lowest BCUT2D eigenvalue weighted by atomic mass is 10.1. The molecule has 2 aromatic rings. The molecule has 24 heavy (non-hydrogen) atoms. The molecule has 0 unspecified atom stereocenters. The Hall–Kier alpha value is -1.92. The molecule has 2 aliphatic rings. The van der Waals surface area contributed by atoms with E-state index >= 15 is 0 Å². The summed E-state index contributed by atoms with van der Waals surface area (Å²) in [5.74, 6) is 3.20. The Morgan fingerprint density at radius 1 is 1.00 bits per heavy atom. The van der Waals surface area contributed by atoms with E-state index in [4.69, 9.17) is 18.9 Å². The molecule has 0 spiro atoms. The van der Waals surface area contributed by atoms with Crippen LogP contribution in [0.1, 0.15) is 24.1 Å². The first-order valence-electron chi connectivity index (χ1n) is 7.91. The predicted octanol–water partition coefficient (Wildman–Crippen LogP) is 3.80. The summed E-state index contributed by atoms with van der Waals surface area (Å²) in [6, 6.07) is 10.3. The average molecular weight is 392 g/mol. The fraction of sp³-hybridized carbons (Fsp3) is 0.333. The molecule has 0 amide bonds. The summed E-state index contributed by atoms with van der Waals surface area (Å²) >= 11 is 3.53. The Kier molecular flexibility index (Phi) is 4.24. The first-order valence-corrected chi connectivity index (χ1v) is 8.71. The Morgan fingerprint density at radius 3 is 2.71 bits per heavy atom. The molecule has 0 fully saturated rings. The van der Waals surface area contributed by atoms with Gasteiger partial charge in [-0.3, -0.25) is 0 Å². The fourth-order valence-electron chi connectivity index (χ4n) is 2.84. The molecule has 2 heterocycles. The van der Waals surface area contributed by atoms with E-state index in [1.165, 1.54) is 5.56 Å². The Balaban J connectivity index is 1.45. The van der Waals surface area contributed by atoms with Crippen molar-refractivity contribution in [2.75, 3.05) is 20.0 Å². The normalized spacial score (nSPS) is 16.1. The molecule has 0 saturated carbocycles. The highest BCUT2D eigenvalue weighted by molar-refractivity contribution is 9.10. The average Bonchev–Trinajstić information content (AvgIpc) is 3.08. The van der Waals surface area contributed by atoms with Crippen LogP contribution in [0.15, 0.2) is 34.8 Å². The maximum atomic E-state index is 5.65. The highest BCUT2D eigenvalue weighted by Crippen LogP contribution is 2.40. The predicted molar refractivity (Wildman–Crippen MR) is 93.0 cm³/mol. The van der Waals surface area contributed by atoms with Crippen LogP contribution in [0.5, 0.6) is 23.0 Å². The molecule has 2 aliphatic heterocycles. The highest BCUT2D eigenvalue weighted by atomic mass is 79.9. The van der Waals surface area contributed by atoms with Crippen molar-refractivity contribution in [3.05, 3.63) is 45.9 Å². The number of hydrogen-bond acceptors (Lipinski definition) is 5. The number of fused-ring (bicyclic) bond motifs is 2. The lowest BCUT2D eigenvalue weighted by molar-refractivity contribution is 0.171. The molecular formula is C18H18BrNO4. The molecule has 0 aliphatic carbocycles. The van der Waals surface area contributed by atoms with Crippen molar-refractivity contribution < 1.29 is 18.9 Å². The van der Waals surface area contributed by atoms with E-state index in [9.17, 15) is 0 Å². The number of halogens is 1. The summed E-state index contributed by atoms with van der Waals surface area (Å²) in [5.41, 5.74) is 2.30. The lowest BCUT2D eigenvalue weighted by Crippen LogP contribution is -2.19. The Bertz CT molecular complexity index is 765. The van der Waals surface area contributed by atoms with Crippen molar-refractivity contribution in [3.63, 3.8) is 0 Å². The monoisotopic (exact) mass is 391 g/mol. The molecule has 0 aromatic heterocycles. The Morgan fingerprint density at radius 2 is 1.83 bits per heavy atom. The molecule has 0 radical (unpaired) electrons. The van der Waals surface area contributed by atoms with Gasteiger partial charge >= 0.3 is 0 Å². The number of rotatable bonds is 4. The minimum atomic E-state index is 0.185. The van der Waals surface area contributed by atoms with Crippen LogP contribution in [-0.2, 0) is 6.54 Å². The SMILES string of the molecule is C[C@@H](NCc1cc(Br)c2c(c1)OCO2)c1ccc2c(c1)OCCO2. The van der Waals surface area contributed by atoms with Crippen molar-refractivity contribution in [3.8, 4) is 23.0 Å². The quantitative estimate of drug-likeness (QED) is 0.858. The van der Waals surface area contributed by atoms with Crippen LogP contribution in [-0.4, -0.2) is 20.0 Å². The third-order valence-corrected chi connectivity index (χ3v) is 4.75. The zero-order valence-corrected chi connectivity index (χ0v) is 14.9. The molecule has 6 heteroatoms. The van der Waals surface area contributed by atoms with Crippen LogP contribution < -0.4 is 24.3 Å². The van der Waals surface area contributed by atoms with E-state index in [2.05, 4.69) is 40.3 Å². The van der Waals surface area contributed by atoms with E-state index in [-0.39, 0.29) is 12.8 Å². The van der Waals surface area contributed by atoms with Gasteiger partial charge in [0, 0.05) is 12.6 Å². The van der Waals surface area contributed by atoms with Crippen molar-refractivity contribution in [1.82, 2.24) is 5.32 Å². The Labute approximate surface area is 149 Å². The molecule has 0 saturated heterocycles. The minimum Gasteiger partial charge on any atom is -0.486 e.